The molecule has 2 heterocycles. The highest BCUT2D eigenvalue weighted by Crippen LogP contribution is 2.23. The number of hydrogen-bond acceptors (Lipinski definition) is 4. The van der Waals surface area contributed by atoms with E-state index in [-0.39, 0.29) is 5.91 Å². The van der Waals surface area contributed by atoms with Crippen LogP contribution in [-0.4, -0.2) is 15.9 Å². The zero-order valence-electron chi connectivity index (χ0n) is 17.8. The highest BCUT2D eigenvalue weighted by Gasteiger charge is 2.13. The van der Waals surface area contributed by atoms with E-state index in [4.69, 9.17) is 4.74 Å². The average Bonchev–Trinajstić information content (AvgIpc) is 2.80. The first-order chi connectivity index (χ1) is 15.1. The van der Waals surface area contributed by atoms with Crippen molar-refractivity contribution in [2.45, 2.75) is 33.4 Å². The third-order valence-electron chi connectivity index (χ3n) is 5.32. The minimum atomic E-state index is -0.0249. The molecule has 5 nitrogen and oxygen atoms in total. The molecule has 0 atom stereocenters. The predicted molar refractivity (Wildman–Crippen MR) is 122 cm³/mol. The van der Waals surface area contributed by atoms with Gasteiger partial charge in [0.15, 0.2) is 0 Å². The van der Waals surface area contributed by atoms with Crippen LogP contribution in [-0.2, 0) is 24.4 Å². The standard InChI is InChI=1S/C26H25N3O2/c1-18-23-11-3-4-12-25(23)29-19(2)24(18)15-26(30)28-16-20-8-7-10-22(14-20)31-17-21-9-5-6-13-27-21/h3-14H,15-17H2,1-2H3,(H,28,30). The average molecular weight is 412 g/mol. The van der Waals surface area contributed by atoms with Crippen molar-refractivity contribution in [3.05, 3.63) is 101 Å². The number of pyridine rings is 2. The number of carbonyl (C=O) groups is 1. The number of nitrogens with one attached hydrogen (secondary N) is 1. The van der Waals surface area contributed by atoms with Crippen LogP contribution in [0.15, 0.2) is 72.9 Å². The molecule has 156 valence electrons. The summed E-state index contributed by atoms with van der Waals surface area (Å²) in [5, 5.41) is 4.11. The van der Waals surface area contributed by atoms with E-state index in [1.165, 1.54) is 0 Å². The molecule has 0 unspecified atom stereocenters. The second kappa shape index (κ2) is 9.39. The summed E-state index contributed by atoms with van der Waals surface area (Å²) in [4.78, 5) is 21.6. The zero-order valence-corrected chi connectivity index (χ0v) is 17.8. The minimum Gasteiger partial charge on any atom is -0.487 e. The Bertz CT molecular complexity index is 1210. The van der Waals surface area contributed by atoms with Gasteiger partial charge >= 0.3 is 0 Å². The quantitative estimate of drug-likeness (QED) is 0.479. The van der Waals surface area contributed by atoms with Gasteiger partial charge in [-0.05, 0) is 60.9 Å². The van der Waals surface area contributed by atoms with Crippen LogP contribution in [0.5, 0.6) is 5.75 Å². The van der Waals surface area contributed by atoms with Crippen LogP contribution in [0.4, 0.5) is 0 Å². The molecule has 0 saturated carbocycles. The summed E-state index contributed by atoms with van der Waals surface area (Å²) in [6.45, 7) is 4.87. The van der Waals surface area contributed by atoms with Crippen molar-refractivity contribution in [3.8, 4) is 5.75 Å². The summed E-state index contributed by atoms with van der Waals surface area (Å²) in [7, 11) is 0. The first kappa shape index (κ1) is 20.5. The van der Waals surface area contributed by atoms with Gasteiger partial charge in [-0.25, -0.2) is 0 Å². The molecule has 31 heavy (non-hydrogen) atoms. The molecule has 5 heteroatoms. The van der Waals surface area contributed by atoms with Gasteiger partial charge in [-0.15, -0.1) is 0 Å². The number of fused-ring (bicyclic) bond motifs is 1. The molecule has 0 aliphatic heterocycles. The molecule has 0 bridgehead atoms. The van der Waals surface area contributed by atoms with Crippen molar-refractivity contribution >= 4 is 16.8 Å². The zero-order chi connectivity index (χ0) is 21.6. The minimum absolute atomic E-state index is 0.0249. The molecule has 0 radical (unpaired) electrons. The van der Waals surface area contributed by atoms with Gasteiger partial charge in [-0.3, -0.25) is 14.8 Å². The van der Waals surface area contributed by atoms with Gasteiger partial charge in [-0.1, -0.05) is 36.4 Å². The topological polar surface area (TPSA) is 64.1 Å². The molecular weight excluding hydrogens is 386 g/mol. The van der Waals surface area contributed by atoms with Gasteiger partial charge in [0.25, 0.3) is 0 Å². The number of carbonyl (C=O) groups excluding carboxylic acids is 1. The van der Waals surface area contributed by atoms with Crippen molar-refractivity contribution in [3.63, 3.8) is 0 Å². The number of aromatic nitrogens is 2. The van der Waals surface area contributed by atoms with Crippen LogP contribution in [0.3, 0.4) is 0 Å². The second-order valence-electron chi connectivity index (χ2n) is 7.53. The smallest absolute Gasteiger partial charge is 0.224 e. The maximum absolute atomic E-state index is 12.6. The van der Waals surface area contributed by atoms with Crippen molar-refractivity contribution in [1.29, 1.82) is 0 Å². The summed E-state index contributed by atoms with van der Waals surface area (Å²) < 4.78 is 5.82. The van der Waals surface area contributed by atoms with E-state index in [0.717, 1.165) is 44.7 Å². The second-order valence-corrected chi connectivity index (χ2v) is 7.53. The number of rotatable bonds is 7. The highest BCUT2D eigenvalue weighted by atomic mass is 16.5. The van der Waals surface area contributed by atoms with Gasteiger partial charge in [-0.2, -0.15) is 0 Å². The Balaban J connectivity index is 1.37. The summed E-state index contributed by atoms with van der Waals surface area (Å²) in [5.74, 6) is 0.728. The normalized spacial score (nSPS) is 10.8. The van der Waals surface area contributed by atoms with Crippen molar-refractivity contribution in [2.75, 3.05) is 0 Å². The Kier molecular flexibility index (Phi) is 6.22. The third-order valence-corrected chi connectivity index (χ3v) is 5.32. The Morgan fingerprint density at radius 2 is 1.84 bits per heavy atom. The van der Waals surface area contributed by atoms with Gasteiger partial charge in [0.1, 0.15) is 12.4 Å². The largest absolute Gasteiger partial charge is 0.487 e. The number of amides is 1. The van der Waals surface area contributed by atoms with E-state index in [2.05, 4.69) is 28.3 Å². The SMILES string of the molecule is Cc1nc2ccccc2c(C)c1CC(=O)NCc1cccc(OCc2ccccn2)c1. The van der Waals surface area contributed by atoms with Gasteiger partial charge < -0.3 is 10.1 Å². The monoisotopic (exact) mass is 411 g/mol. The lowest BCUT2D eigenvalue weighted by atomic mass is 9.99. The molecule has 1 amide bonds. The summed E-state index contributed by atoms with van der Waals surface area (Å²) in [6.07, 6.45) is 2.06. The summed E-state index contributed by atoms with van der Waals surface area (Å²) in [5.41, 5.74) is 5.82. The molecular formula is C26H25N3O2. The number of benzene rings is 2. The predicted octanol–water partition coefficient (Wildman–Crippen LogP) is 4.68. The lowest BCUT2D eigenvalue weighted by Crippen LogP contribution is -2.25. The van der Waals surface area contributed by atoms with E-state index in [9.17, 15) is 4.79 Å². The molecule has 0 fully saturated rings. The van der Waals surface area contributed by atoms with Crippen LogP contribution < -0.4 is 10.1 Å². The van der Waals surface area contributed by atoms with E-state index in [1.807, 2.05) is 67.6 Å². The number of aryl methyl sites for hydroxylation is 2. The van der Waals surface area contributed by atoms with Crippen molar-refractivity contribution < 1.29 is 9.53 Å². The fourth-order valence-electron chi connectivity index (χ4n) is 3.64. The maximum Gasteiger partial charge on any atom is 0.224 e. The molecule has 0 aliphatic rings. The molecule has 0 aliphatic carbocycles. The van der Waals surface area contributed by atoms with Crippen molar-refractivity contribution in [1.82, 2.24) is 15.3 Å². The number of para-hydroxylation sites is 1. The lowest BCUT2D eigenvalue weighted by molar-refractivity contribution is -0.120. The first-order valence-corrected chi connectivity index (χ1v) is 10.3. The molecule has 2 aromatic heterocycles. The van der Waals surface area contributed by atoms with E-state index < -0.39 is 0 Å². The van der Waals surface area contributed by atoms with Crippen molar-refractivity contribution in [2.24, 2.45) is 0 Å². The van der Waals surface area contributed by atoms with E-state index >= 15 is 0 Å². The van der Waals surface area contributed by atoms with Crippen LogP contribution in [0, 0.1) is 13.8 Å². The Morgan fingerprint density at radius 1 is 1.00 bits per heavy atom. The number of nitrogens with zero attached hydrogens (tertiary/aromatic N) is 2. The summed E-state index contributed by atoms with van der Waals surface area (Å²) in [6, 6.07) is 21.5. The highest BCUT2D eigenvalue weighted by molar-refractivity contribution is 5.86. The molecule has 0 spiro atoms. The first-order valence-electron chi connectivity index (χ1n) is 10.3. The Morgan fingerprint density at radius 3 is 2.68 bits per heavy atom. The lowest BCUT2D eigenvalue weighted by Gasteiger charge is -2.13. The van der Waals surface area contributed by atoms with Gasteiger partial charge in [0, 0.05) is 23.8 Å². The Hall–Kier alpha value is -3.73. The molecule has 0 saturated heterocycles. The van der Waals surface area contributed by atoms with Crippen LogP contribution in [0.25, 0.3) is 10.9 Å². The molecule has 4 aromatic rings. The van der Waals surface area contributed by atoms with E-state index in [0.29, 0.717) is 19.6 Å². The summed E-state index contributed by atoms with van der Waals surface area (Å²) >= 11 is 0. The molecule has 4 rings (SSSR count). The fourth-order valence-corrected chi connectivity index (χ4v) is 3.64. The van der Waals surface area contributed by atoms with Crippen LogP contribution in [0.1, 0.15) is 28.1 Å². The maximum atomic E-state index is 12.6. The number of hydrogen-bond donors (Lipinski definition) is 1. The van der Waals surface area contributed by atoms with Crippen LogP contribution >= 0.6 is 0 Å². The molecule has 2 aromatic carbocycles. The van der Waals surface area contributed by atoms with Gasteiger partial charge in [0.2, 0.25) is 5.91 Å². The number of ether oxygens (including phenoxy) is 1. The molecule has 1 N–H and O–H groups in total. The fraction of sp³-hybridized carbons (Fsp3) is 0.192. The van der Waals surface area contributed by atoms with E-state index in [1.54, 1.807) is 6.20 Å². The van der Waals surface area contributed by atoms with Crippen LogP contribution in [0.2, 0.25) is 0 Å². The third kappa shape index (κ3) is 5.07. The van der Waals surface area contributed by atoms with Gasteiger partial charge in [0.05, 0.1) is 17.6 Å². The Labute approximate surface area is 182 Å².